The summed E-state index contributed by atoms with van der Waals surface area (Å²) in [5.41, 5.74) is -0.0399. The van der Waals surface area contributed by atoms with Crippen LogP contribution in [0.4, 0.5) is 5.13 Å². The van der Waals surface area contributed by atoms with Gasteiger partial charge in [-0.3, -0.25) is 19.3 Å². The van der Waals surface area contributed by atoms with Gasteiger partial charge < -0.3 is 20.6 Å². The molecule has 13 heteroatoms. The number of carbonyl (C=O) groups is 4. The highest BCUT2D eigenvalue weighted by atomic mass is 32.2. The fourth-order valence-electron chi connectivity index (χ4n) is 2.77. The number of nitrogens with one attached hydrogen (secondary N) is 2. The van der Waals surface area contributed by atoms with Crippen LogP contribution < -0.4 is 10.6 Å². The Morgan fingerprint density at radius 1 is 1.50 bits per heavy atom. The zero-order chi connectivity index (χ0) is 21.7. The molecule has 3 heterocycles. The summed E-state index contributed by atoms with van der Waals surface area (Å²) in [6, 6.07) is -0.891. The SMILES string of the molecule is CCCCO/N=C(\C(=O)NC1C(=O)N2C(C(=O)O)=CCS[C@H]12)c1csc(NC=O)n1. The number of rotatable bonds is 10. The fourth-order valence-corrected chi connectivity index (χ4v) is 4.62. The third-order valence-electron chi connectivity index (χ3n) is 4.24. The Balaban J connectivity index is 1.75. The third kappa shape index (κ3) is 4.46. The first-order valence-electron chi connectivity index (χ1n) is 9.03. The lowest BCUT2D eigenvalue weighted by molar-refractivity contribution is -0.150. The van der Waals surface area contributed by atoms with Crippen LogP contribution in [0.1, 0.15) is 25.5 Å². The molecule has 2 atom stereocenters. The molecule has 1 saturated heterocycles. The normalized spacial score (nSPS) is 20.6. The second kappa shape index (κ2) is 9.71. The number of anilines is 1. The largest absolute Gasteiger partial charge is 0.477 e. The molecule has 2 aliphatic rings. The van der Waals surface area contributed by atoms with E-state index in [1.807, 2.05) is 6.92 Å². The van der Waals surface area contributed by atoms with Gasteiger partial charge in [0.15, 0.2) is 10.8 Å². The molecule has 3 N–H and O–H groups in total. The van der Waals surface area contributed by atoms with Gasteiger partial charge in [0.05, 0.1) is 0 Å². The van der Waals surface area contributed by atoms with E-state index in [0.29, 0.717) is 18.8 Å². The highest BCUT2D eigenvalue weighted by Crippen LogP contribution is 2.37. The number of amides is 3. The summed E-state index contributed by atoms with van der Waals surface area (Å²) in [6.45, 7) is 2.28. The quantitative estimate of drug-likeness (QED) is 0.153. The lowest BCUT2D eigenvalue weighted by Crippen LogP contribution is -2.70. The van der Waals surface area contributed by atoms with Crippen LogP contribution in [0.15, 0.2) is 22.3 Å². The summed E-state index contributed by atoms with van der Waals surface area (Å²) in [4.78, 5) is 57.7. The first kappa shape index (κ1) is 21.8. The zero-order valence-corrected chi connectivity index (χ0v) is 17.5. The number of aromatic nitrogens is 1. The topological polar surface area (TPSA) is 150 Å². The summed E-state index contributed by atoms with van der Waals surface area (Å²) < 4.78 is 0. The van der Waals surface area contributed by atoms with E-state index in [-0.39, 0.29) is 22.2 Å². The van der Waals surface area contributed by atoms with Crippen molar-refractivity contribution in [2.24, 2.45) is 5.16 Å². The molecule has 1 unspecified atom stereocenters. The molecule has 30 heavy (non-hydrogen) atoms. The van der Waals surface area contributed by atoms with E-state index >= 15 is 0 Å². The number of fused-ring (bicyclic) bond motifs is 1. The number of aliphatic carboxylic acids is 1. The number of hydrogen-bond acceptors (Lipinski definition) is 9. The standard InChI is InChI=1S/C17H19N5O6S2/c1-2-3-5-28-21-11(9-7-30-17(19-9)18-8-23)13(24)20-12-14(25)22-10(16(26)27)4-6-29-15(12)22/h4,7-8,12,15H,2-3,5-6H2,1H3,(H,20,24)(H,26,27)(H,18,19,23)/b21-11-/t12?,15-/m1/s1. The lowest BCUT2D eigenvalue weighted by Gasteiger charge is -2.48. The minimum atomic E-state index is -1.19. The van der Waals surface area contributed by atoms with E-state index < -0.39 is 29.2 Å². The van der Waals surface area contributed by atoms with Gasteiger partial charge in [-0.2, -0.15) is 0 Å². The van der Waals surface area contributed by atoms with Crippen molar-refractivity contribution in [1.82, 2.24) is 15.2 Å². The van der Waals surface area contributed by atoms with E-state index in [1.165, 1.54) is 23.2 Å². The molecule has 0 spiro atoms. The van der Waals surface area contributed by atoms with Gasteiger partial charge in [0.25, 0.3) is 11.8 Å². The molecular formula is C17H19N5O6S2. The van der Waals surface area contributed by atoms with Crippen LogP contribution in [0.2, 0.25) is 0 Å². The van der Waals surface area contributed by atoms with Gasteiger partial charge in [-0.25, -0.2) is 9.78 Å². The summed E-state index contributed by atoms with van der Waals surface area (Å²) in [6.07, 6.45) is 3.55. The van der Waals surface area contributed by atoms with Crippen LogP contribution in [-0.2, 0) is 24.0 Å². The molecule has 3 amide bonds. The van der Waals surface area contributed by atoms with Crippen molar-refractivity contribution < 1.29 is 29.1 Å². The Labute approximate surface area is 179 Å². The van der Waals surface area contributed by atoms with Crippen molar-refractivity contribution in [2.75, 3.05) is 17.7 Å². The number of nitrogens with zero attached hydrogens (tertiary/aromatic N) is 3. The first-order valence-corrected chi connectivity index (χ1v) is 11.0. The molecule has 1 aromatic heterocycles. The minimum Gasteiger partial charge on any atom is -0.477 e. The molecule has 0 radical (unpaired) electrons. The summed E-state index contributed by atoms with van der Waals surface area (Å²) >= 11 is 2.45. The number of thioether (sulfide) groups is 1. The predicted octanol–water partition coefficient (Wildman–Crippen LogP) is 0.601. The molecule has 160 valence electrons. The number of carbonyl (C=O) groups excluding carboxylic acids is 3. The molecule has 0 bridgehead atoms. The van der Waals surface area contributed by atoms with Crippen LogP contribution in [0.5, 0.6) is 0 Å². The molecule has 1 aromatic rings. The number of carboxylic acids is 1. The monoisotopic (exact) mass is 453 g/mol. The average Bonchev–Trinajstić information content (AvgIpc) is 3.19. The Kier molecular flexibility index (Phi) is 7.05. The Morgan fingerprint density at radius 2 is 2.30 bits per heavy atom. The molecule has 3 rings (SSSR count). The smallest absolute Gasteiger partial charge is 0.352 e. The lowest BCUT2D eigenvalue weighted by atomic mass is 10.0. The van der Waals surface area contributed by atoms with Crippen LogP contribution in [0.25, 0.3) is 0 Å². The van der Waals surface area contributed by atoms with Gasteiger partial charge in [-0.05, 0) is 12.5 Å². The molecular weight excluding hydrogens is 434 g/mol. The number of thiazole rings is 1. The van der Waals surface area contributed by atoms with E-state index in [1.54, 1.807) is 0 Å². The number of β-lactam (4-membered cyclic amide) rings is 1. The Hall–Kier alpha value is -2.93. The summed E-state index contributed by atoms with van der Waals surface area (Å²) in [5.74, 6) is -1.97. The highest BCUT2D eigenvalue weighted by Gasteiger charge is 2.53. The van der Waals surface area contributed by atoms with Crippen LogP contribution in [-0.4, -0.2) is 68.7 Å². The van der Waals surface area contributed by atoms with Crippen LogP contribution in [0.3, 0.4) is 0 Å². The average molecular weight is 454 g/mol. The number of hydrogen-bond donors (Lipinski definition) is 3. The zero-order valence-electron chi connectivity index (χ0n) is 15.9. The van der Waals surface area contributed by atoms with Crippen molar-refractivity contribution in [1.29, 1.82) is 0 Å². The van der Waals surface area contributed by atoms with Gasteiger partial charge in [0.2, 0.25) is 6.41 Å². The maximum Gasteiger partial charge on any atom is 0.352 e. The molecule has 1 fully saturated rings. The third-order valence-corrected chi connectivity index (χ3v) is 6.20. The van der Waals surface area contributed by atoms with Crippen LogP contribution in [0, 0.1) is 0 Å². The number of oxime groups is 1. The van der Waals surface area contributed by atoms with Crippen molar-refractivity contribution in [3.8, 4) is 0 Å². The molecule has 2 aliphatic heterocycles. The van der Waals surface area contributed by atoms with Crippen molar-refractivity contribution in [2.45, 2.75) is 31.2 Å². The van der Waals surface area contributed by atoms with Gasteiger partial charge in [0.1, 0.15) is 29.4 Å². The predicted molar refractivity (Wildman–Crippen MR) is 110 cm³/mol. The van der Waals surface area contributed by atoms with Gasteiger partial charge in [0, 0.05) is 11.1 Å². The number of unbranched alkanes of at least 4 members (excludes halogenated alkanes) is 1. The number of carboxylic acid groups (broad SMARTS) is 1. The maximum absolute atomic E-state index is 12.9. The van der Waals surface area contributed by atoms with Crippen LogP contribution >= 0.6 is 23.1 Å². The summed E-state index contributed by atoms with van der Waals surface area (Å²) in [5, 5.41) is 19.4. The molecule has 0 aromatic carbocycles. The Morgan fingerprint density at radius 3 is 3.00 bits per heavy atom. The fraction of sp³-hybridized carbons (Fsp3) is 0.412. The second-order valence-electron chi connectivity index (χ2n) is 6.20. The van der Waals surface area contributed by atoms with E-state index in [2.05, 4.69) is 20.8 Å². The van der Waals surface area contributed by atoms with E-state index in [4.69, 9.17) is 4.84 Å². The molecule has 0 aliphatic carbocycles. The van der Waals surface area contributed by atoms with Crippen molar-refractivity contribution in [3.63, 3.8) is 0 Å². The van der Waals surface area contributed by atoms with Gasteiger partial charge in [-0.15, -0.1) is 23.1 Å². The van der Waals surface area contributed by atoms with Crippen molar-refractivity contribution in [3.05, 3.63) is 22.8 Å². The van der Waals surface area contributed by atoms with E-state index in [9.17, 15) is 24.3 Å². The Bertz CT molecular complexity index is 914. The first-order chi connectivity index (χ1) is 14.5. The molecule has 11 nitrogen and oxygen atoms in total. The second-order valence-corrected chi connectivity index (χ2v) is 8.21. The van der Waals surface area contributed by atoms with Crippen molar-refractivity contribution >= 4 is 58.1 Å². The highest BCUT2D eigenvalue weighted by molar-refractivity contribution is 8.00. The summed E-state index contributed by atoms with van der Waals surface area (Å²) in [7, 11) is 0. The molecule has 0 saturated carbocycles. The minimum absolute atomic E-state index is 0.0879. The van der Waals surface area contributed by atoms with Gasteiger partial charge in [-0.1, -0.05) is 18.5 Å². The maximum atomic E-state index is 12.9. The van der Waals surface area contributed by atoms with E-state index in [0.717, 1.165) is 29.1 Å². The van der Waals surface area contributed by atoms with Gasteiger partial charge >= 0.3 is 5.97 Å².